The highest BCUT2D eigenvalue weighted by Crippen LogP contribution is 2.45. The minimum atomic E-state index is -4.96. The topological polar surface area (TPSA) is 237 Å². The SMILES string of the molecule is CCCCCCCCCCCCCCCCCCCCCCC(=O)O[C@H](COC(=O)CCCCCCCCCCCCC(C)CC)COP(=O)(O)OC[C@@H](O)COP(=O)(O)OC[C@@H](COC(=O)CCCCCCCCCCCCCCC)OC(=O)CCCCCCCCCCCCCCC. The van der Waals surface area contributed by atoms with Crippen molar-refractivity contribution in [3.63, 3.8) is 0 Å². The molecule has 0 aliphatic carbocycles. The van der Waals surface area contributed by atoms with Crippen LogP contribution in [-0.2, 0) is 65.4 Å². The molecule has 0 heterocycles. The molecular formula is C81H158O17P2. The second-order valence-corrected chi connectivity index (χ2v) is 32.3. The lowest BCUT2D eigenvalue weighted by Gasteiger charge is -2.21. The summed E-state index contributed by atoms with van der Waals surface area (Å²) in [4.78, 5) is 73.0. The van der Waals surface area contributed by atoms with Crippen LogP contribution < -0.4 is 0 Å². The van der Waals surface area contributed by atoms with Gasteiger partial charge in [0.2, 0.25) is 0 Å². The van der Waals surface area contributed by atoms with Gasteiger partial charge in [-0.1, -0.05) is 381 Å². The predicted octanol–water partition coefficient (Wildman–Crippen LogP) is 24.4. The number of aliphatic hydroxyl groups is 1. The maximum Gasteiger partial charge on any atom is 0.472 e. The standard InChI is InChI=1S/C81H158O17P2/c1-6-10-13-16-19-22-25-28-29-30-31-32-33-34-37-40-47-52-57-62-67-81(86)98-77(71-92-79(84)65-60-55-50-45-42-41-43-48-53-58-63-74(5)9-4)73-96-100(89,90)94-69-75(82)68-93-99(87,88)95-72-76(97-80(85)66-61-56-51-46-39-36-27-24-21-18-15-12-8-3)70-91-78(83)64-59-54-49-44-38-35-26-23-20-17-14-11-7-2/h74-77,82H,6-73H2,1-5H3,(H,87,88)(H,89,90)/t74?,75-,76+,77+/m0/s1. The number of phosphoric acid groups is 2. The Labute approximate surface area is 613 Å². The zero-order chi connectivity index (χ0) is 73.4. The fourth-order valence-corrected chi connectivity index (χ4v) is 14.1. The highest BCUT2D eigenvalue weighted by molar-refractivity contribution is 7.47. The Morgan fingerprint density at radius 1 is 0.280 bits per heavy atom. The Morgan fingerprint density at radius 3 is 0.710 bits per heavy atom. The van der Waals surface area contributed by atoms with Gasteiger partial charge < -0.3 is 33.8 Å². The average Bonchev–Trinajstić information content (AvgIpc) is 1.28. The molecule has 0 spiro atoms. The van der Waals surface area contributed by atoms with Crippen molar-refractivity contribution < 1.29 is 80.2 Å². The number of phosphoric ester groups is 2. The van der Waals surface area contributed by atoms with Crippen LogP contribution in [0.25, 0.3) is 0 Å². The van der Waals surface area contributed by atoms with E-state index in [9.17, 15) is 43.2 Å². The number of hydrogen-bond donors (Lipinski definition) is 3. The Bertz CT molecular complexity index is 1910. The Balaban J connectivity index is 5.24. The molecule has 0 rings (SSSR count). The minimum absolute atomic E-state index is 0.108. The van der Waals surface area contributed by atoms with E-state index in [0.29, 0.717) is 25.7 Å². The summed E-state index contributed by atoms with van der Waals surface area (Å²) in [5, 5.41) is 10.6. The maximum atomic E-state index is 13.1. The van der Waals surface area contributed by atoms with E-state index in [2.05, 4.69) is 34.6 Å². The van der Waals surface area contributed by atoms with Crippen LogP contribution in [0.5, 0.6) is 0 Å². The van der Waals surface area contributed by atoms with Crippen molar-refractivity contribution in [2.24, 2.45) is 5.92 Å². The van der Waals surface area contributed by atoms with Gasteiger partial charge in [0.1, 0.15) is 19.3 Å². The summed E-state index contributed by atoms with van der Waals surface area (Å²) in [5.74, 6) is -1.29. The summed E-state index contributed by atoms with van der Waals surface area (Å²) in [6.07, 6.45) is 65.0. The van der Waals surface area contributed by atoms with Gasteiger partial charge in [0.15, 0.2) is 12.2 Å². The lowest BCUT2D eigenvalue weighted by Crippen LogP contribution is -2.30. The number of carbonyl (C=O) groups excluding carboxylic acids is 4. The van der Waals surface area contributed by atoms with Crippen LogP contribution in [0.4, 0.5) is 0 Å². The molecule has 6 atom stereocenters. The van der Waals surface area contributed by atoms with Gasteiger partial charge in [0, 0.05) is 25.7 Å². The van der Waals surface area contributed by atoms with Gasteiger partial charge in [-0.3, -0.25) is 37.3 Å². The lowest BCUT2D eigenvalue weighted by molar-refractivity contribution is -0.161. The summed E-state index contributed by atoms with van der Waals surface area (Å²) in [7, 11) is -9.92. The Hall–Kier alpha value is -1.94. The lowest BCUT2D eigenvalue weighted by atomic mass is 9.99. The molecule has 19 heteroatoms. The maximum absolute atomic E-state index is 13.1. The van der Waals surface area contributed by atoms with Crippen molar-refractivity contribution >= 4 is 39.5 Å². The van der Waals surface area contributed by atoms with Crippen molar-refractivity contribution in [1.82, 2.24) is 0 Å². The van der Waals surface area contributed by atoms with Gasteiger partial charge >= 0.3 is 39.5 Å². The van der Waals surface area contributed by atoms with Gasteiger partial charge in [-0.25, -0.2) is 9.13 Å². The van der Waals surface area contributed by atoms with Crippen LogP contribution in [0.2, 0.25) is 0 Å². The summed E-state index contributed by atoms with van der Waals surface area (Å²) in [6, 6.07) is 0. The summed E-state index contributed by atoms with van der Waals surface area (Å²) >= 11 is 0. The quantitative estimate of drug-likeness (QED) is 0.0222. The van der Waals surface area contributed by atoms with E-state index in [4.69, 9.17) is 37.0 Å². The predicted molar refractivity (Wildman–Crippen MR) is 409 cm³/mol. The molecule has 0 saturated heterocycles. The number of unbranched alkanes of at least 4 members (excludes halogenated alkanes) is 52. The number of ether oxygens (including phenoxy) is 4. The first-order valence-corrected chi connectivity index (χ1v) is 45.2. The van der Waals surface area contributed by atoms with E-state index < -0.39 is 97.5 Å². The molecule has 0 bridgehead atoms. The highest BCUT2D eigenvalue weighted by atomic mass is 31.2. The molecule has 0 saturated carbocycles. The average molecular weight is 1470 g/mol. The van der Waals surface area contributed by atoms with E-state index in [-0.39, 0.29) is 25.7 Å². The molecule has 100 heavy (non-hydrogen) atoms. The number of carbonyl (C=O) groups is 4. The van der Waals surface area contributed by atoms with E-state index in [1.165, 1.54) is 257 Å². The molecule has 0 aromatic rings. The molecule has 0 amide bonds. The first-order valence-electron chi connectivity index (χ1n) is 42.2. The van der Waals surface area contributed by atoms with Crippen molar-refractivity contribution in [2.75, 3.05) is 39.6 Å². The van der Waals surface area contributed by atoms with Crippen molar-refractivity contribution in [1.29, 1.82) is 0 Å². The molecule has 3 N–H and O–H groups in total. The van der Waals surface area contributed by atoms with Crippen LogP contribution in [0.3, 0.4) is 0 Å². The minimum Gasteiger partial charge on any atom is -0.462 e. The molecule has 0 aromatic heterocycles. The van der Waals surface area contributed by atoms with Gasteiger partial charge in [-0.05, 0) is 31.6 Å². The second kappa shape index (κ2) is 73.9. The Kier molecular flexibility index (Phi) is 72.5. The number of esters is 4. The van der Waals surface area contributed by atoms with Crippen molar-refractivity contribution in [3.8, 4) is 0 Å². The van der Waals surface area contributed by atoms with Gasteiger partial charge in [-0.15, -0.1) is 0 Å². The van der Waals surface area contributed by atoms with Gasteiger partial charge in [-0.2, -0.15) is 0 Å². The molecular weight excluding hydrogens is 1310 g/mol. The normalized spacial score (nSPS) is 14.1. The highest BCUT2D eigenvalue weighted by Gasteiger charge is 2.30. The van der Waals surface area contributed by atoms with Crippen LogP contribution in [0, 0.1) is 5.92 Å². The third-order valence-electron chi connectivity index (χ3n) is 19.4. The van der Waals surface area contributed by atoms with E-state index >= 15 is 0 Å². The second-order valence-electron chi connectivity index (χ2n) is 29.4. The summed E-state index contributed by atoms with van der Waals surface area (Å²) in [5.41, 5.74) is 0. The third-order valence-corrected chi connectivity index (χ3v) is 21.3. The molecule has 3 unspecified atom stereocenters. The molecule has 0 radical (unpaired) electrons. The van der Waals surface area contributed by atoms with Crippen LogP contribution >= 0.6 is 15.6 Å². The molecule has 594 valence electrons. The van der Waals surface area contributed by atoms with E-state index in [1.54, 1.807) is 0 Å². The van der Waals surface area contributed by atoms with Gasteiger partial charge in [0.05, 0.1) is 26.4 Å². The zero-order valence-corrected chi connectivity index (χ0v) is 67.1. The molecule has 0 aliphatic rings. The molecule has 0 aromatic carbocycles. The van der Waals surface area contributed by atoms with Crippen LogP contribution in [0.15, 0.2) is 0 Å². The fourth-order valence-electron chi connectivity index (χ4n) is 12.6. The molecule has 17 nitrogen and oxygen atoms in total. The first-order chi connectivity index (χ1) is 48.6. The summed E-state index contributed by atoms with van der Waals surface area (Å²) < 4.78 is 68.7. The number of rotatable bonds is 81. The first kappa shape index (κ1) is 98.1. The Morgan fingerprint density at radius 2 is 0.480 bits per heavy atom. The largest absolute Gasteiger partial charge is 0.472 e. The zero-order valence-electron chi connectivity index (χ0n) is 65.3. The molecule has 0 fully saturated rings. The van der Waals surface area contributed by atoms with Gasteiger partial charge in [0.25, 0.3) is 0 Å². The van der Waals surface area contributed by atoms with Crippen LogP contribution in [0.1, 0.15) is 433 Å². The van der Waals surface area contributed by atoms with Crippen LogP contribution in [-0.4, -0.2) is 96.7 Å². The fraction of sp³-hybridized carbons (Fsp3) is 0.951. The number of aliphatic hydroxyl groups excluding tert-OH is 1. The van der Waals surface area contributed by atoms with Crippen molar-refractivity contribution in [2.45, 2.75) is 451 Å². The van der Waals surface area contributed by atoms with Crippen molar-refractivity contribution in [3.05, 3.63) is 0 Å². The van der Waals surface area contributed by atoms with E-state index in [0.717, 1.165) is 95.8 Å². The molecule has 0 aliphatic heterocycles. The summed E-state index contributed by atoms with van der Waals surface area (Å²) in [6.45, 7) is 7.36. The number of hydrogen-bond acceptors (Lipinski definition) is 15. The smallest absolute Gasteiger partial charge is 0.462 e. The monoisotopic (exact) mass is 1470 g/mol. The van der Waals surface area contributed by atoms with E-state index in [1.807, 2.05) is 0 Å². The third kappa shape index (κ3) is 73.0.